The van der Waals surface area contributed by atoms with Gasteiger partial charge in [-0.3, -0.25) is 0 Å². The molecule has 1 aliphatic heterocycles. The Morgan fingerprint density at radius 1 is 1.28 bits per heavy atom. The average molecular weight is 252 g/mol. The first-order valence-corrected chi connectivity index (χ1v) is 6.15. The van der Waals surface area contributed by atoms with Gasteiger partial charge in [-0.2, -0.15) is 5.10 Å². The van der Waals surface area contributed by atoms with Crippen molar-refractivity contribution in [2.75, 3.05) is 7.11 Å². The highest BCUT2D eigenvalue weighted by molar-refractivity contribution is 6.61. The van der Waals surface area contributed by atoms with Crippen LogP contribution in [0.2, 0.25) is 0 Å². The molecule has 0 bridgehead atoms. The molecule has 1 aromatic rings. The minimum atomic E-state index is -0.396. The Kier molecular flexibility index (Phi) is 3.29. The summed E-state index contributed by atoms with van der Waals surface area (Å²) in [5.41, 5.74) is 1.29. The van der Waals surface area contributed by atoms with Gasteiger partial charge in [0.1, 0.15) is 6.73 Å². The van der Waals surface area contributed by atoms with E-state index in [1.807, 2.05) is 34.6 Å². The summed E-state index contributed by atoms with van der Waals surface area (Å²) in [4.78, 5) is 0. The van der Waals surface area contributed by atoms with Crippen LogP contribution in [0.5, 0.6) is 0 Å². The predicted octanol–water partition coefficient (Wildman–Crippen LogP) is 1.09. The van der Waals surface area contributed by atoms with Crippen LogP contribution >= 0.6 is 0 Å². The Morgan fingerprint density at radius 2 is 1.83 bits per heavy atom. The van der Waals surface area contributed by atoms with Gasteiger partial charge in [0, 0.05) is 7.11 Å². The highest BCUT2D eigenvalue weighted by Gasteiger charge is 2.53. The van der Waals surface area contributed by atoms with Gasteiger partial charge in [-0.15, -0.1) is 0 Å². The number of ether oxygens (including phenoxy) is 1. The molecule has 100 valence electrons. The molecule has 0 saturated carbocycles. The Bertz CT molecular complexity index is 427. The maximum absolute atomic E-state index is 6.04. The molecule has 1 saturated heterocycles. The number of hydrogen-bond acceptors (Lipinski definition) is 4. The van der Waals surface area contributed by atoms with Gasteiger partial charge in [-0.1, -0.05) is 0 Å². The molecule has 0 spiro atoms. The summed E-state index contributed by atoms with van der Waals surface area (Å²) in [6, 6.07) is 0. The zero-order chi connectivity index (χ0) is 13.6. The van der Waals surface area contributed by atoms with Gasteiger partial charge in [-0.05, 0) is 40.2 Å². The van der Waals surface area contributed by atoms with E-state index in [2.05, 4.69) is 5.10 Å². The second kappa shape index (κ2) is 4.37. The molecular weight excluding hydrogens is 231 g/mol. The van der Waals surface area contributed by atoms with Crippen LogP contribution in [0.4, 0.5) is 0 Å². The topological polar surface area (TPSA) is 45.5 Å². The van der Waals surface area contributed by atoms with Gasteiger partial charge in [0.2, 0.25) is 0 Å². The SMILES string of the molecule is COCn1ncc(C)c1B1OC(C)(C)C(C)(C)O1. The van der Waals surface area contributed by atoms with Crippen molar-refractivity contribution in [3.05, 3.63) is 11.8 Å². The Labute approximate surface area is 109 Å². The lowest BCUT2D eigenvalue weighted by Gasteiger charge is -2.32. The van der Waals surface area contributed by atoms with E-state index in [0.29, 0.717) is 6.73 Å². The maximum Gasteiger partial charge on any atom is 0.514 e. The van der Waals surface area contributed by atoms with Crippen LogP contribution in [-0.4, -0.2) is 35.2 Å². The molecular formula is C12H21BN2O3. The normalized spacial score (nSPS) is 21.6. The molecule has 0 radical (unpaired) electrons. The van der Waals surface area contributed by atoms with Crippen molar-refractivity contribution in [2.24, 2.45) is 0 Å². The van der Waals surface area contributed by atoms with Gasteiger partial charge in [0.05, 0.1) is 23.0 Å². The minimum absolute atomic E-state index is 0.341. The van der Waals surface area contributed by atoms with Crippen LogP contribution in [0.3, 0.4) is 0 Å². The van der Waals surface area contributed by atoms with Crippen molar-refractivity contribution in [2.45, 2.75) is 52.6 Å². The zero-order valence-electron chi connectivity index (χ0n) is 12.0. The van der Waals surface area contributed by atoms with Gasteiger partial charge in [-0.25, -0.2) is 4.68 Å². The summed E-state index contributed by atoms with van der Waals surface area (Å²) < 4.78 is 19.0. The number of aromatic nitrogens is 2. The lowest BCUT2D eigenvalue weighted by Crippen LogP contribution is -2.41. The second-order valence-corrected chi connectivity index (χ2v) is 5.72. The third kappa shape index (κ3) is 2.09. The van der Waals surface area contributed by atoms with E-state index in [1.54, 1.807) is 18.0 Å². The van der Waals surface area contributed by atoms with Crippen LogP contribution < -0.4 is 5.59 Å². The molecule has 0 N–H and O–H groups in total. The van der Waals surface area contributed by atoms with E-state index in [-0.39, 0.29) is 11.2 Å². The molecule has 0 aliphatic carbocycles. The number of hydrogen-bond donors (Lipinski definition) is 0. The summed E-state index contributed by atoms with van der Waals surface area (Å²) in [5.74, 6) is 0. The second-order valence-electron chi connectivity index (χ2n) is 5.72. The maximum atomic E-state index is 6.04. The fourth-order valence-corrected chi connectivity index (χ4v) is 1.98. The molecule has 0 atom stereocenters. The van der Waals surface area contributed by atoms with E-state index in [9.17, 15) is 0 Å². The van der Waals surface area contributed by atoms with Crippen LogP contribution in [0.1, 0.15) is 33.3 Å². The van der Waals surface area contributed by atoms with Gasteiger partial charge < -0.3 is 14.0 Å². The molecule has 0 aromatic carbocycles. The van der Waals surface area contributed by atoms with E-state index < -0.39 is 7.12 Å². The smallest absolute Gasteiger partial charge is 0.398 e. The van der Waals surface area contributed by atoms with Crippen molar-refractivity contribution in [1.82, 2.24) is 9.78 Å². The molecule has 2 rings (SSSR count). The van der Waals surface area contributed by atoms with E-state index >= 15 is 0 Å². The molecule has 0 unspecified atom stereocenters. The molecule has 1 aromatic heterocycles. The lowest BCUT2D eigenvalue weighted by atomic mass is 9.82. The fraction of sp³-hybridized carbons (Fsp3) is 0.750. The van der Waals surface area contributed by atoms with Crippen molar-refractivity contribution >= 4 is 12.7 Å². The monoisotopic (exact) mass is 252 g/mol. The first-order valence-electron chi connectivity index (χ1n) is 6.15. The quantitative estimate of drug-likeness (QED) is 0.755. The van der Waals surface area contributed by atoms with Crippen molar-refractivity contribution in [3.63, 3.8) is 0 Å². The van der Waals surface area contributed by atoms with Gasteiger partial charge >= 0.3 is 7.12 Å². The fourth-order valence-electron chi connectivity index (χ4n) is 1.98. The highest BCUT2D eigenvalue weighted by Crippen LogP contribution is 2.36. The van der Waals surface area contributed by atoms with Crippen molar-refractivity contribution in [1.29, 1.82) is 0 Å². The minimum Gasteiger partial charge on any atom is -0.398 e. The van der Waals surface area contributed by atoms with E-state index in [1.165, 1.54) is 0 Å². The van der Waals surface area contributed by atoms with Gasteiger partial charge in [0.15, 0.2) is 0 Å². The standard InChI is InChI=1S/C12H21BN2O3/c1-9-7-14-15(8-16-6)10(9)13-17-11(2,3)12(4,5)18-13/h7H,8H2,1-6H3. The number of nitrogens with zero attached hydrogens (tertiary/aromatic N) is 2. The predicted molar refractivity (Wildman–Crippen MR) is 69.7 cm³/mol. The molecule has 1 fully saturated rings. The highest BCUT2D eigenvalue weighted by atomic mass is 16.7. The summed E-state index contributed by atoms with van der Waals surface area (Å²) in [6.45, 7) is 10.6. The summed E-state index contributed by atoms with van der Waals surface area (Å²) in [5, 5.41) is 4.28. The third-order valence-corrected chi connectivity index (χ3v) is 3.80. The molecule has 6 heteroatoms. The van der Waals surface area contributed by atoms with Gasteiger partial charge in [0.25, 0.3) is 0 Å². The molecule has 1 aliphatic rings. The van der Waals surface area contributed by atoms with Crippen LogP contribution in [0.25, 0.3) is 0 Å². The first kappa shape index (κ1) is 13.6. The largest absolute Gasteiger partial charge is 0.514 e. The van der Waals surface area contributed by atoms with E-state index in [0.717, 1.165) is 11.2 Å². The Hall–Kier alpha value is -0.845. The van der Waals surface area contributed by atoms with Crippen molar-refractivity contribution in [3.8, 4) is 0 Å². The van der Waals surface area contributed by atoms with E-state index in [4.69, 9.17) is 14.0 Å². The van der Waals surface area contributed by atoms with Crippen molar-refractivity contribution < 1.29 is 14.0 Å². The van der Waals surface area contributed by atoms with Crippen LogP contribution in [-0.2, 0) is 20.8 Å². The molecule has 0 amide bonds. The Balaban J connectivity index is 2.32. The summed E-state index contributed by atoms with van der Waals surface area (Å²) >= 11 is 0. The first-order chi connectivity index (χ1) is 8.28. The average Bonchev–Trinajstić information content (AvgIpc) is 2.67. The summed E-state index contributed by atoms with van der Waals surface area (Å²) in [7, 11) is 1.25. The van der Waals surface area contributed by atoms with Crippen LogP contribution in [0.15, 0.2) is 6.20 Å². The Morgan fingerprint density at radius 3 is 2.33 bits per heavy atom. The lowest BCUT2D eigenvalue weighted by molar-refractivity contribution is 0.00578. The molecule has 18 heavy (non-hydrogen) atoms. The summed E-state index contributed by atoms with van der Waals surface area (Å²) in [6.07, 6.45) is 1.80. The van der Waals surface area contributed by atoms with Crippen LogP contribution in [0, 0.1) is 6.92 Å². The number of rotatable bonds is 3. The zero-order valence-corrected chi connectivity index (χ0v) is 12.0. The third-order valence-electron chi connectivity index (χ3n) is 3.80. The molecule has 2 heterocycles. The molecule has 5 nitrogen and oxygen atoms in total. The number of methoxy groups -OCH3 is 1. The number of aryl methyl sites for hydroxylation is 1.